The van der Waals surface area contributed by atoms with Crippen molar-refractivity contribution in [1.82, 2.24) is 0 Å². The van der Waals surface area contributed by atoms with Gasteiger partial charge >= 0.3 is 12.4 Å². The minimum Gasteiger partial charge on any atom is -0.393 e. The van der Waals surface area contributed by atoms with Crippen LogP contribution in [-0.4, -0.2) is 56.2 Å². The van der Waals surface area contributed by atoms with Crippen molar-refractivity contribution in [3.63, 3.8) is 0 Å². The van der Waals surface area contributed by atoms with Gasteiger partial charge in [-0.3, -0.25) is 0 Å². The maximum atomic E-state index is 13.3. The van der Waals surface area contributed by atoms with Gasteiger partial charge in [0.25, 0.3) is 5.60 Å². The second kappa shape index (κ2) is 12.6. The normalized spacial score (nSPS) is 33.4. The van der Waals surface area contributed by atoms with Crippen molar-refractivity contribution in [3.8, 4) is 0 Å². The molecule has 4 nitrogen and oxygen atoms in total. The Balaban J connectivity index is 1.91. The topological polar surface area (TPSA) is 80.9 Å². The van der Waals surface area contributed by atoms with Gasteiger partial charge < -0.3 is 20.4 Å². The number of fused-ring (bicyclic) bond motifs is 1. The molecule has 0 spiro atoms. The Labute approximate surface area is 245 Å². The van der Waals surface area contributed by atoms with E-state index >= 15 is 0 Å². The third-order valence-corrected chi connectivity index (χ3v) is 10.2. The molecule has 0 aromatic rings. The first-order valence-corrected chi connectivity index (χ1v) is 15.1. The van der Waals surface area contributed by atoms with Crippen molar-refractivity contribution in [2.45, 2.75) is 141 Å². The number of allylic oxidation sites excluding steroid dienone is 4. The molecule has 0 aromatic heterocycles. The lowest BCUT2D eigenvalue weighted by molar-refractivity contribution is -0.347. The molecule has 3 aliphatic carbocycles. The van der Waals surface area contributed by atoms with Crippen LogP contribution in [0.4, 0.5) is 26.3 Å². The average Bonchev–Trinajstić information content (AvgIpc) is 3.18. The zero-order chi connectivity index (χ0) is 31.8. The van der Waals surface area contributed by atoms with Gasteiger partial charge in [0.1, 0.15) is 0 Å². The molecular weight excluding hydrogens is 562 g/mol. The van der Waals surface area contributed by atoms with E-state index in [0.29, 0.717) is 38.5 Å². The fraction of sp³-hybridized carbons (Fsp3) is 0.812. The first-order chi connectivity index (χ1) is 19.1. The van der Waals surface area contributed by atoms with E-state index in [1.165, 1.54) is 5.57 Å². The van der Waals surface area contributed by atoms with Gasteiger partial charge in [0, 0.05) is 0 Å². The smallest absolute Gasteiger partial charge is 0.393 e. The number of rotatable bonds is 9. The molecule has 0 bridgehead atoms. The lowest BCUT2D eigenvalue weighted by atomic mass is 9.55. The van der Waals surface area contributed by atoms with Crippen molar-refractivity contribution < 1.29 is 46.8 Å². The fourth-order valence-corrected chi connectivity index (χ4v) is 8.11. The van der Waals surface area contributed by atoms with Gasteiger partial charge in [-0.05, 0) is 113 Å². The SMILES string of the molecule is CC(C)(O)CCC[C@@](C)(C/C=C/C(O)(C(F)(F)F)C(F)(F)F)[C@H]1CCC2/C(=C/C=C3CC(O)C[C@H](O)C3)CCC[C@@]21C. The van der Waals surface area contributed by atoms with Crippen LogP contribution < -0.4 is 0 Å². The minimum atomic E-state index is -5.91. The van der Waals surface area contributed by atoms with E-state index in [9.17, 15) is 46.8 Å². The molecule has 42 heavy (non-hydrogen) atoms. The van der Waals surface area contributed by atoms with Gasteiger partial charge in [-0.25, -0.2) is 0 Å². The van der Waals surface area contributed by atoms with Crippen LogP contribution in [0.2, 0.25) is 0 Å². The monoisotopic (exact) mass is 610 g/mol. The Morgan fingerprint density at radius 1 is 0.881 bits per heavy atom. The molecule has 242 valence electrons. The number of alkyl halides is 6. The number of aliphatic hydroxyl groups is 4. The highest BCUT2D eigenvalue weighted by atomic mass is 19.4. The number of hydrogen-bond donors (Lipinski definition) is 4. The molecule has 0 aromatic carbocycles. The summed E-state index contributed by atoms with van der Waals surface area (Å²) in [5.41, 5.74) is -4.53. The van der Waals surface area contributed by atoms with Gasteiger partial charge in [-0.15, -0.1) is 0 Å². The summed E-state index contributed by atoms with van der Waals surface area (Å²) < 4.78 is 80.1. The largest absolute Gasteiger partial charge is 0.429 e. The van der Waals surface area contributed by atoms with Crippen molar-refractivity contribution >= 4 is 0 Å². The fourth-order valence-electron chi connectivity index (χ4n) is 8.11. The summed E-state index contributed by atoms with van der Waals surface area (Å²) in [5, 5.41) is 40.1. The van der Waals surface area contributed by atoms with Gasteiger partial charge in [0.2, 0.25) is 0 Å². The van der Waals surface area contributed by atoms with E-state index in [1.807, 2.05) is 13.0 Å². The molecule has 10 heteroatoms. The quantitative estimate of drug-likeness (QED) is 0.159. The summed E-state index contributed by atoms with van der Waals surface area (Å²) in [6, 6.07) is 0. The highest BCUT2D eigenvalue weighted by Crippen LogP contribution is 2.64. The number of hydrogen-bond acceptors (Lipinski definition) is 4. The van der Waals surface area contributed by atoms with Gasteiger partial charge in [-0.1, -0.05) is 49.6 Å². The van der Waals surface area contributed by atoms with Crippen molar-refractivity contribution in [1.29, 1.82) is 0 Å². The second-order valence-corrected chi connectivity index (χ2v) is 14.2. The predicted octanol–water partition coefficient (Wildman–Crippen LogP) is 7.71. The third-order valence-electron chi connectivity index (χ3n) is 10.2. The Kier molecular flexibility index (Phi) is 10.5. The summed E-state index contributed by atoms with van der Waals surface area (Å²) in [5.74, 6) is 0.201. The number of aliphatic hydroxyl groups excluding tert-OH is 2. The Bertz CT molecular complexity index is 997. The molecular formula is C32H48F6O4. The van der Waals surface area contributed by atoms with E-state index in [2.05, 4.69) is 13.0 Å². The Morgan fingerprint density at radius 3 is 2.02 bits per heavy atom. The van der Waals surface area contributed by atoms with Crippen LogP contribution in [0.25, 0.3) is 0 Å². The predicted molar refractivity (Wildman–Crippen MR) is 149 cm³/mol. The number of halogens is 6. The summed E-state index contributed by atoms with van der Waals surface area (Å²) in [6.45, 7) is 7.44. The van der Waals surface area contributed by atoms with Crippen LogP contribution in [0.5, 0.6) is 0 Å². The first-order valence-electron chi connectivity index (χ1n) is 15.1. The molecule has 2 unspecified atom stereocenters. The highest BCUT2D eigenvalue weighted by Gasteiger charge is 2.69. The van der Waals surface area contributed by atoms with Gasteiger partial charge in [-0.2, -0.15) is 26.3 Å². The Morgan fingerprint density at radius 2 is 1.48 bits per heavy atom. The zero-order valence-electron chi connectivity index (χ0n) is 25.2. The Hall–Kier alpha value is -1.36. The van der Waals surface area contributed by atoms with E-state index in [-0.39, 0.29) is 29.7 Å². The first kappa shape index (κ1) is 35.1. The van der Waals surface area contributed by atoms with E-state index in [1.54, 1.807) is 13.8 Å². The summed E-state index contributed by atoms with van der Waals surface area (Å²) in [6.07, 6.45) is -1.06. The maximum Gasteiger partial charge on any atom is 0.429 e. The molecule has 6 atom stereocenters. The van der Waals surface area contributed by atoms with Crippen LogP contribution in [-0.2, 0) is 0 Å². The van der Waals surface area contributed by atoms with Crippen LogP contribution in [0.15, 0.2) is 35.5 Å². The van der Waals surface area contributed by atoms with Gasteiger partial charge in [0.05, 0.1) is 17.8 Å². The zero-order valence-corrected chi connectivity index (χ0v) is 25.2. The van der Waals surface area contributed by atoms with Gasteiger partial charge in [0.15, 0.2) is 0 Å². The molecule has 3 rings (SSSR count). The molecule has 0 radical (unpaired) electrons. The van der Waals surface area contributed by atoms with E-state index in [0.717, 1.165) is 43.8 Å². The second-order valence-electron chi connectivity index (χ2n) is 14.2. The van der Waals surface area contributed by atoms with Crippen molar-refractivity contribution in [3.05, 3.63) is 35.5 Å². The highest BCUT2D eigenvalue weighted by molar-refractivity contribution is 5.27. The van der Waals surface area contributed by atoms with Crippen LogP contribution in [0, 0.1) is 22.7 Å². The molecule has 3 fully saturated rings. The lowest BCUT2D eigenvalue weighted by Crippen LogP contribution is -2.55. The molecule has 0 amide bonds. The summed E-state index contributed by atoms with van der Waals surface area (Å²) in [4.78, 5) is 0. The summed E-state index contributed by atoms with van der Waals surface area (Å²) in [7, 11) is 0. The van der Waals surface area contributed by atoms with Crippen LogP contribution in [0.1, 0.15) is 105 Å². The van der Waals surface area contributed by atoms with E-state index < -0.39 is 41.2 Å². The third kappa shape index (κ3) is 7.83. The molecule has 0 heterocycles. The molecule has 0 aliphatic heterocycles. The molecule has 3 saturated carbocycles. The van der Waals surface area contributed by atoms with E-state index in [4.69, 9.17) is 0 Å². The van der Waals surface area contributed by atoms with Crippen LogP contribution >= 0.6 is 0 Å². The lowest BCUT2D eigenvalue weighted by Gasteiger charge is -2.49. The minimum absolute atomic E-state index is 0.000925. The standard InChI is InChI=1S/C32H48F6O4/c1-27(2,41)13-6-14-28(3,15-7-17-30(42,31(33,34)35)32(36,37)38)26-12-11-25-22(8-5-16-29(25,26)4)10-9-21-18-23(39)20-24(40)19-21/h7,9-10,17,23-26,39-42H,5-6,8,11-16,18-20H2,1-4H3/b17-7+,21-9?,22-10+/t23-,24?,25?,26-,28+,29+/m1/s1. The van der Waals surface area contributed by atoms with Crippen LogP contribution in [0.3, 0.4) is 0 Å². The molecule has 4 N–H and O–H groups in total. The molecule has 3 aliphatic rings. The van der Waals surface area contributed by atoms with Crippen molar-refractivity contribution in [2.75, 3.05) is 0 Å². The maximum absolute atomic E-state index is 13.3. The van der Waals surface area contributed by atoms with Crippen molar-refractivity contribution in [2.24, 2.45) is 22.7 Å². The average molecular weight is 611 g/mol. The summed E-state index contributed by atoms with van der Waals surface area (Å²) >= 11 is 0. The molecule has 0 saturated heterocycles.